The molecule has 0 aliphatic heterocycles. The van der Waals surface area contributed by atoms with Gasteiger partial charge in [-0.25, -0.2) is 4.79 Å². The lowest BCUT2D eigenvalue weighted by Crippen LogP contribution is -2.13. The van der Waals surface area contributed by atoms with Gasteiger partial charge in [-0.15, -0.1) is 11.3 Å². The molecule has 1 heterocycles. The van der Waals surface area contributed by atoms with Gasteiger partial charge in [0.25, 0.3) is 5.91 Å². The molecule has 1 amide bonds. The highest BCUT2D eigenvalue weighted by Gasteiger charge is 2.22. The van der Waals surface area contributed by atoms with E-state index in [1.165, 1.54) is 18.4 Å². The van der Waals surface area contributed by atoms with Crippen molar-refractivity contribution in [3.63, 3.8) is 0 Å². The summed E-state index contributed by atoms with van der Waals surface area (Å²) >= 11 is 1.38. The summed E-state index contributed by atoms with van der Waals surface area (Å²) in [6.07, 6.45) is 0. The lowest BCUT2D eigenvalue weighted by atomic mass is 9.99. The normalized spacial score (nSPS) is 11.5. The summed E-state index contributed by atoms with van der Waals surface area (Å²) in [6, 6.07) is 18.6. The van der Waals surface area contributed by atoms with Gasteiger partial charge >= 0.3 is 5.97 Å². The van der Waals surface area contributed by atoms with Crippen molar-refractivity contribution >= 4 is 28.2 Å². The molecule has 144 valence electrons. The fourth-order valence-electron chi connectivity index (χ4n) is 2.80. The third-order valence-electron chi connectivity index (χ3n) is 4.46. The Bertz CT molecular complexity index is 964. The molecule has 0 bridgehead atoms. The minimum Gasteiger partial charge on any atom is -0.497 e. The van der Waals surface area contributed by atoms with Crippen LogP contribution in [-0.4, -0.2) is 26.1 Å². The summed E-state index contributed by atoms with van der Waals surface area (Å²) in [5, 5.41) is 3.32. The van der Waals surface area contributed by atoms with Crippen molar-refractivity contribution in [1.82, 2.24) is 0 Å². The minimum atomic E-state index is -0.479. The zero-order chi connectivity index (χ0) is 20.1. The zero-order valence-corrected chi connectivity index (χ0v) is 16.7. The number of hydrogen-bond acceptors (Lipinski definition) is 5. The molecular weight excluding hydrogens is 374 g/mol. The van der Waals surface area contributed by atoms with Crippen molar-refractivity contribution in [2.24, 2.45) is 0 Å². The van der Waals surface area contributed by atoms with Gasteiger partial charge in [-0.2, -0.15) is 0 Å². The van der Waals surface area contributed by atoms with Crippen LogP contribution in [-0.2, 0) is 4.74 Å². The number of ether oxygens (including phenoxy) is 2. The van der Waals surface area contributed by atoms with Gasteiger partial charge in [0.2, 0.25) is 0 Å². The molecule has 5 nitrogen and oxygen atoms in total. The first kappa shape index (κ1) is 19.6. The molecule has 0 radical (unpaired) electrons. The number of esters is 1. The van der Waals surface area contributed by atoms with Gasteiger partial charge in [-0.05, 0) is 35.9 Å². The summed E-state index contributed by atoms with van der Waals surface area (Å²) in [6.45, 7) is 2.07. The fourth-order valence-corrected chi connectivity index (χ4v) is 3.92. The van der Waals surface area contributed by atoms with Crippen molar-refractivity contribution in [2.75, 3.05) is 19.5 Å². The molecule has 2 aromatic carbocycles. The van der Waals surface area contributed by atoms with E-state index in [9.17, 15) is 9.59 Å². The van der Waals surface area contributed by atoms with Crippen LogP contribution in [0.3, 0.4) is 0 Å². The molecule has 1 N–H and O–H groups in total. The highest BCUT2D eigenvalue weighted by molar-refractivity contribution is 7.16. The van der Waals surface area contributed by atoms with Crippen LogP contribution in [0.15, 0.2) is 60.7 Å². The average molecular weight is 395 g/mol. The largest absolute Gasteiger partial charge is 0.497 e. The third kappa shape index (κ3) is 4.23. The SMILES string of the molecule is COC(=O)c1cc([C@H](C)c2ccccc2)sc1NC(=O)c1ccc(OC)cc1. The summed E-state index contributed by atoms with van der Waals surface area (Å²) < 4.78 is 10.0. The molecule has 0 saturated carbocycles. The van der Waals surface area contributed by atoms with Gasteiger partial charge in [0, 0.05) is 16.4 Å². The van der Waals surface area contributed by atoms with Crippen LogP contribution in [0, 0.1) is 0 Å². The van der Waals surface area contributed by atoms with E-state index in [4.69, 9.17) is 9.47 Å². The second-order valence-corrected chi connectivity index (χ2v) is 7.28. The monoisotopic (exact) mass is 395 g/mol. The van der Waals surface area contributed by atoms with Crippen molar-refractivity contribution < 1.29 is 19.1 Å². The summed E-state index contributed by atoms with van der Waals surface area (Å²) in [7, 11) is 2.90. The smallest absolute Gasteiger partial charge is 0.340 e. The Kier molecular flexibility index (Phi) is 6.11. The molecular formula is C22H21NO4S. The summed E-state index contributed by atoms with van der Waals surface area (Å²) in [5.41, 5.74) is 1.96. The molecule has 3 aromatic rings. The standard InChI is InChI=1S/C22H21NO4S/c1-14(15-7-5-4-6-8-15)19-13-18(22(25)27-3)21(28-19)23-20(24)16-9-11-17(26-2)12-10-16/h4-14H,1-3H3,(H,23,24)/t14-/m1/s1. The fraction of sp³-hybridized carbons (Fsp3) is 0.182. The molecule has 0 unspecified atom stereocenters. The third-order valence-corrected chi connectivity index (χ3v) is 5.70. The van der Waals surface area contributed by atoms with Gasteiger partial charge in [0.05, 0.1) is 19.8 Å². The lowest BCUT2D eigenvalue weighted by molar-refractivity contribution is 0.0602. The van der Waals surface area contributed by atoms with E-state index in [0.29, 0.717) is 21.9 Å². The number of thiophene rings is 1. The van der Waals surface area contributed by atoms with E-state index in [1.807, 2.05) is 30.3 Å². The molecule has 0 spiro atoms. The van der Waals surface area contributed by atoms with E-state index < -0.39 is 5.97 Å². The maximum Gasteiger partial charge on any atom is 0.340 e. The maximum atomic E-state index is 12.6. The van der Waals surface area contributed by atoms with E-state index >= 15 is 0 Å². The number of hydrogen-bond donors (Lipinski definition) is 1. The van der Waals surface area contributed by atoms with Crippen LogP contribution >= 0.6 is 11.3 Å². The Balaban J connectivity index is 1.89. The molecule has 3 rings (SSSR count). The first-order valence-corrected chi connectivity index (χ1v) is 9.57. The van der Waals surface area contributed by atoms with Crippen molar-refractivity contribution in [2.45, 2.75) is 12.8 Å². The molecule has 1 atom stereocenters. The van der Waals surface area contributed by atoms with E-state index in [-0.39, 0.29) is 11.8 Å². The quantitative estimate of drug-likeness (QED) is 0.600. The van der Waals surface area contributed by atoms with E-state index in [1.54, 1.807) is 37.4 Å². The maximum absolute atomic E-state index is 12.6. The van der Waals surface area contributed by atoms with Gasteiger partial charge in [-0.3, -0.25) is 4.79 Å². The molecule has 0 fully saturated rings. The second-order valence-electron chi connectivity index (χ2n) is 6.20. The lowest BCUT2D eigenvalue weighted by Gasteiger charge is -2.09. The predicted octanol–water partition coefficient (Wildman–Crippen LogP) is 4.95. The van der Waals surface area contributed by atoms with Crippen LogP contribution in [0.2, 0.25) is 0 Å². The first-order chi connectivity index (χ1) is 13.5. The van der Waals surface area contributed by atoms with E-state index in [0.717, 1.165) is 10.4 Å². The number of carbonyl (C=O) groups excluding carboxylic acids is 2. The summed E-state index contributed by atoms with van der Waals surface area (Å²) in [4.78, 5) is 25.8. The molecule has 28 heavy (non-hydrogen) atoms. The number of rotatable bonds is 6. The highest BCUT2D eigenvalue weighted by Crippen LogP contribution is 2.36. The first-order valence-electron chi connectivity index (χ1n) is 8.76. The molecule has 0 aliphatic rings. The van der Waals surface area contributed by atoms with Crippen molar-refractivity contribution in [3.8, 4) is 5.75 Å². The van der Waals surface area contributed by atoms with Gasteiger partial charge in [0.1, 0.15) is 10.8 Å². The number of benzene rings is 2. The molecule has 6 heteroatoms. The number of amides is 1. The van der Waals surface area contributed by atoms with Crippen LogP contribution in [0.25, 0.3) is 0 Å². The topological polar surface area (TPSA) is 64.6 Å². The predicted molar refractivity (Wildman–Crippen MR) is 111 cm³/mol. The van der Waals surface area contributed by atoms with Gasteiger partial charge in [-0.1, -0.05) is 37.3 Å². The zero-order valence-electron chi connectivity index (χ0n) is 15.9. The second kappa shape index (κ2) is 8.71. The van der Waals surface area contributed by atoms with Crippen molar-refractivity contribution in [1.29, 1.82) is 0 Å². The Morgan fingerprint density at radius 3 is 2.29 bits per heavy atom. The number of methoxy groups -OCH3 is 2. The van der Waals surface area contributed by atoms with Gasteiger partial charge < -0.3 is 14.8 Å². The molecule has 0 saturated heterocycles. The van der Waals surface area contributed by atoms with Crippen LogP contribution < -0.4 is 10.1 Å². The summed E-state index contributed by atoms with van der Waals surface area (Å²) in [5.74, 6) is -0.0236. The molecule has 1 aromatic heterocycles. The number of carbonyl (C=O) groups is 2. The minimum absolute atomic E-state index is 0.0845. The van der Waals surface area contributed by atoms with E-state index in [2.05, 4.69) is 12.2 Å². The van der Waals surface area contributed by atoms with Gasteiger partial charge in [0.15, 0.2) is 0 Å². The Morgan fingerprint density at radius 2 is 1.68 bits per heavy atom. The van der Waals surface area contributed by atoms with Crippen molar-refractivity contribution in [3.05, 3.63) is 82.2 Å². The van der Waals surface area contributed by atoms with Crippen LogP contribution in [0.5, 0.6) is 5.75 Å². The number of anilines is 1. The van der Waals surface area contributed by atoms with Crippen LogP contribution in [0.1, 0.15) is 44.0 Å². The van der Waals surface area contributed by atoms with Crippen LogP contribution in [0.4, 0.5) is 5.00 Å². The molecule has 0 aliphatic carbocycles. The average Bonchev–Trinajstić information content (AvgIpc) is 3.17. The Morgan fingerprint density at radius 1 is 1.00 bits per heavy atom. The number of nitrogens with one attached hydrogen (secondary N) is 1. The Labute approximate surface area is 167 Å². The Hall–Kier alpha value is -3.12. The highest BCUT2D eigenvalue weighted by atomic mass is 32.1.